The number of nitrogens with zero attached hydrogens (tertiary/aromatic N) is 3. The normalized spacial score (nSPS) is 11.0. The molecule has 2 heterocycles. The smallest absolute Gasteiger partial charge is 0.251 e. The zero-order valence-corrected chi connectivity index (χ0v) is 16.4. The molecule has 0 bridgehead atoms. The molecule has 4 rings (SSSR count). The van der Waals surface area contributed by atoms with Crippen LogP contribution in [0.1, 0.15) is 27.3 Å². The molecule has 0 aliphatic carbocycles. The van der Waals surface area contributed by atoms with Crippen molar-refractivity contribution in [2.75, 3.05) is 0 Å². The quantitative estimate of drug-likeness (QED) is 0.553. The molecule has 4 aromatic rings. The third-order valence-electron chi connectivity index (χ3n) is 4.69. The first-order valence-corrected chi connectivity index (χ1v) is 9.35. The van der Waals surface area contributed by atoms with Gasteiger partial charge in [-0.1, -0.05) is 35.9 Å². The minimum atomic E-state index is -0.156. The van der Waals surface area contributed by atoms with E-state index in [-0.39, 0.29) is 5.91 Å². The molecule has 140 valence electrons. The van der Waals surface area contributed by atoms with Crippen LogP contribution in [0.5, 0.6) is 0 Å². The summed E-state index contributed by atoms with van der Waals surface area (Å²) in [5, 5.41) is 3.57. The van der Waals surface area contributed by atoms with Gasteiger partial charge in [-0.3, -0.25) is 9.36 Å². The van der Waals surface area contributed by atoms with Crippen LogP contribution in [0.15, 0.2) is 60.8 Å². The molecule has 0 aliphatic heterocycles. The van der Waals surface area contributed by atoms with Crippen LogP contribution in [0.25, 0.3) is 16.9 Å². The fraction of sp³-hybridized carbons (Fsp3) is 0.136. The molecule has 28 heavy (non-hydrogen) atoms. The number of hydrogen-bond donors (Lipinski definition) is 1. The molecule has 0 radical (unpaired) electrons. The van der Waals surface area contributed by atoms with E-state index in [1.165, 1.54) is 0 Å². The van der Waals surface area contributed by atoms with Gasteiger partial charge in [0.25, 0.3) is 5.91 Å². The molecule has 5 nitrogen and oxygen atoms in total. The highest BCUT2D eigenvalue weighted by molar-refractivity contribution is 6.31. The summed E-state index contributed by atoms with van der Waals surface area (Å²) in [5.74, 6) is 0.668. The number of imidazole rings is 1. The lowest BCUT2D eigenvalue weighted by atomic mass is 10.1. The minimum Gasteiger partial charge on any atom is -0.348 e. The number of amides is 1. The van der Waals surface area contributed by atoms with Gasteiger partial charge in [0.05, 0.1) is 5.69 Å². The molecule has 0 fully saturated rings. The van der Waals surface area contributed by atoms with E-state index in [1.807, 2.05) is 73.0 Å². The summed E-state index contributed by atoms with van der Waals surface area (Å²) < 4.78 is 1.98. The lowest BCUT2D eigenvalue weighted by Crippen LogP contribution is -2.23. The number of fused-ring (bicyclic) bond motifs is 1. The van der Waals surface area contributed by atoms with Gasteiger partial charge in [-0.05, 0) is 55.3 Å². The van der Waals surface area contributed by atoms with Crippen LogP contribution in [0.2, 0.25) is 5.02 Å². The van der Waals surface area contributed by atoms with Crippen molar-refractivity contribution < 1.29 is 4.79 Å². The summed E-state index contributed by atoms with van der Waals surface area (Å²) in [4.78, 5) is 21.8. The van der Waals surface area contributed by atoms with Crippen LogP contribution < -0.4 is 5.32 Å². The number of aryl methyl sites for hydroxylation is 2. The second-order valence-corrected chi connectivity index (χ2v) is 7.02. The van der Waals surface area contributed by atoms with Gasteiger partial charge in [-0.15, -0.1) is 0 Å². The zero-order chi connectivity index (χ0) is 19.7. The van der Waals surface area contributed by atoms with E-state index in [2.05, 4.69) is 15.3 Å². The van der Waals surface area contributed by atoms with E-state index >= 15 is 0 Å². The first kappa shape index (κ1) is 18.2. The van der Waals surface area contributed by atoms with E-state index in [9.17, 15) is 4.79 Å². The third-order valence-corrected chi connectivity index (χ3v) is 5.06. The maximum atomic E-state index is 12.7. The first-order chi connectivity index (χ1) is 13.5. The second kappa shape index (κ2) is 7.44. The SMILES string of the molecule is Cc1ccc(C(=O)NCc2ccccc2Cl)cc1-n1c(C)nc2cccnc21. The predicted octanol–water partition coefficient (Wildman–Crippen LogP) is 4.62. The highest BCUT2D eigenvalue weighted by Crippen LogP contribution is 2.23. The van der Waals surface area contributed by atoms with E-state index in [4.69, 9.17) is 11.6 Å². The van der Waals surface area contributed by atoms with E-state index in [0.29, 0.717) is 17.1 Å². The molecular formula is C22H19ClN4O. The zero-order valence-electron chi connectivity index (χ0n) is 15.6. The molecule has 0 saturated heterocycles. The summed E-state index contributed by atoms with van der Waals surface area (Å²) in [6.45, 7) is 4.32. The van der Waals surface area contributed by atoms with Gasteiger partial charge >= 0.3 is 0 Å². The van der Waals surface area contributed by atoms with Crippen molar-refractivity contribution in [2.24, 2.45) is 0 Å². The molecular weight excluding hydrogens is 372 g/mol. The Morgan fingerprint density at radius 3 is 2.75 bits per heavy atom. The highest BCUT2D eigenvalue weighted by atomic mass is 35.5. The van der Waals surface area contributed by atoms with Crippen molar-refractivity contribution in [3.8, 4) is 5.69 Å². The summed E-state index contributed by atoms with van der Waals surface area (Å²) in [6, 6.07) is 16.9. The average Bonchev–Trinajstić information content (AvgIpc) is 3.03. The van der Waals surface area contributed by atoms with E-state index in [0.717, 1.165) is 33.8 Å². The van der Waals surface area contributed by atoms with Gasteiger partial charge in [-0.25, -0.2) is 9.97 Å². The van der Waals surface area contributed by atoms with Crippen molar-refractivity contribution in [1.29, 1.82) is 0 Å². The van der Waals surface area contributed by atoms with Crippen molar-refractivity contribution in [1.82, 2.24) is 19.9 Å². The Kier molecular flexibility index (Phi) is 4.84. The highest BCUT2D eigenvalue weighted by Gasteiger charge is 2.15. The van der Waals surface area contributed by atoms with E-state index in [1.54, 1.807) is 6.20 Å². The van der Waals surface area contributed by atoms with Gasteiger partial charge < -0.3 is 5.32 Å². The largest absolute Gasteiger partial charge is 0.348 e. The standard InChI is InChI=1S/C22H19ClN4O/c1-14-9-10-16(22(28)25-13-17-6-3-4-7-18(17)23)12-20(14)27-15(2)26-19-8-5-11-24-21(19)27/h3-12H,13H2,1-2H3,(H,25,28). The molecule has 2 aromatic heterocycles. The number of halogens is 1. The number of carbonyl (C=O) groups is 1. The molecule has 0 unspecified atom stereocenters. The van der Waals surface area contributed by atoms with Crippen LogP contribution in [0, 0.1) is 13.8 Å². The maximum absolute atomic E-state index is 12.7. The Bertz CT molecular complexity index is 1180. The Morgan fingerprint density at radius 2 is 1.93 bits per heavy atom. The van der Waals surface area contributed by atoms with Crippen LogP contribution >= 0.6 is 11.6 Å². The molecule has 0 spiro atoms. The van der Waals surface area contributed by atoms with Crippen molar-refractivity contribution >= 4 is 28.7 Å². The number of carbonyl (C=O) groups excluding carboxylic acids is 1. The lowest BCUT2D eigenvalue weighted by molar-refractivity contribution is 0.0951. The molecule has 1 amide bonds. The third kappa shape index (κ3) is 3.37. The first-order valence-electron chi connectivity index (χ1n) is 8.97. The van der Waals surface area contributed by atoms with Crippen LogP contribution in [0.4, 0.5) is 0 Å². The van der Waals surface area contributed by atoms with E-state index < -0.39 is 0 Å². The molecule has 2 aromatic carbocycles. The average molecular weight is 391 g/mol. The lowest BCUT2D eigenvalue weighted by Gasteiger charge is -2.13. The fourth-order valence-corrected chi connectivity index (χ4v) is 3.43. The maximum Gasteiger partial charge on any atom is 0.251 e. The molecule has 1 N–H and O–H groups in total. The second-order valence-electron chi connectivity index (χ2n) is 6.62. The summed E-state index contributed by atoms with van der Waals surface area (Å²) in [6.07, 6.45) is 1.75. The Balaban J connectivity index is 1.66. The Morgan fingerprint density at radius 1 is 1.11 bits per heavy atom. The van der Waals surface area contributed by atoms with Crippen LogP contribution in [-0.2, 0) is 6.54 Å². The summed E-state index contributed by atoms with van der Waals surface area (Å²) >= 11 is 6.17. The summed E-state index contributed by atoms with van der Waals surface area (Å²) in [7, 11) is 0. The number of nitrogens with one attached hydrogen (secondary N) is 1. The number of aromatic nitrogens is 3. The number of hydrogen-bond acceptors (Lipinski definition) is 3. The Labute approximate surface area is 168 Å². The van der Waals surface area contributed by atoms with Crippen molar-refractivity contribution in [3.63, 3.8) is 0 Å². The molecule has 6 heteroatoms. The van der Waals surface area contributed by atoms with Gasteiger partial charge in [0.15, 0.2) is 5.65 Å². The van der Waals surface area contributed by atoms with Gasteiger partial charge in [-0.2, -0.15) is 0 Å². The Hall–Kier alpha value is -3.18. The van der Waals surface area contributed by atoms with Crippen LogP contribution in [0.3, 0.4) is 0 Å². The molecule has 0 saturated carbocycles. The number of rotatable bonds is 4. The topological polar surface area (TPSA) is 59.8 Å². The molecule has 0 aliphatic rings. The van der Waals surface area contributed by atoms with Crippen LogP contribution in [-0.4, -0.2) is 20.4 Å². The number of benzene rings is 2. The number of pyridine rings is 1. The monoisotopic (exact) mass is 390 g/mol. The predicted molar refractivity (Wildman–Crippen MR) is 111 cm³/mol. The fourth-order valence-electron chi connectivity index (χ4n) is 3.22. The van der Waals surface area contributed by atoms with Gasteiger partial charge in [0.1, 0.15) is 11.3 Å². The minimum absolute atomic E-state index is 0.156. The van der Waals surface area contributed by atoms with Crippen molar-refractivity contribution in [2.45, 2.75) is 20.4 Å². The molecule has 0 atom stereocenters. The van der Waals surface area contributed by atoms with Crippen molar-refractivity contribution in [3.05, 3.63) is 88.3 Å². The van der Waals surface area contributed by atoms with Gasteiger partial charge in [0.2, 0.25) is 0 Å². The van der Waals surface area contributed by atoms with Gasteiger partial charge in [0, 0.05) is 23.3 Å². The summed E-state index contributed by atoms with van der Waals surface area (Å²) in [5.41, 5.74) is 4.99.